The molecule has 2 N–H and O–H groups in total. The van der Waals surface area contributed by atoms with Crippen LogP contribution in [0.25, 0.3) is 0 Å². The number of nitrogens with one attached hydrogen (secondary N) is 1. The van der Waals surface area contributed by atoms with Gasteiger partial charge in [0.05, 0.1) is 22.3 Å². The van der Waals surface area contributed by atoms with Gasteiger partial charge in [-0.2, -0.15) is 0 Å². The molecule has 0 aromatic heterocycles. The minimum atomic E-state index is -2.93. The Morgan fingerprint density at radius 2 is 1.64 bits per heavy atom. The molecule has 4 saturated carbocycles. The summed E-state index contributed by atoms with van der Waals surface area (Å²) in [5.41, 5.74) is 2.52. The first-order valence-electron chi connectivity index (χ1n) is 20.9. The highest BCUT2D eigenvalue weighted by Crippen LogP contribution is 2.77. The molecule has 0 aromatic rings. The minimum absolute atomic E-state index is 0.0599. The highest BCUT2D eigenvalue weighted by atomic mass is 32.2. The third-order valence-corrected chi connectivity index (χ3v) is 19.5. The van der Waals surface area contributed by atoms with Crippen LogP contribution in [0.1, 0.15) is 119 Å². The maximum atomic E-state index is 14.5. The van der Waals surface area contributed by atoms with Crippen molar-refractivity contribution in [3.05, 3.63) is 35.5 Å². The van der Waals surface area contributed by atoms with E-state index in [1.54, 1.807) is 0 Å². The van der Waals surface area contributed by atoms with Crippen molar-refractivity contribution in [2.24, 2.45) is 62.1 Å². The Hall–Kier alpha value is -2.00. The SMILES string of the molecule is C=C(C)C1CC[C@]2(C(=O)NCCN3CCS(=O)(=O)CC3)CC[C@]3(C)[C@H](CC[C@@H]4[C@@]5(C)CC=C(C6=CC[C@@](CF)(C(=O)O)CC6)C(C)(C)[C@@H]5CC[C@]43C)[C@@H]12. The number of nitrogens with zero attached hydrogens (tertiary/aromatic N) is 1. The van der Waals surface area contributed by atoms with Crippen molar-refractivity contribution in [1.82, 2.24) is 10.2 Å². The molecule has 6 aliphatic carbocycles. The number of carboxylic acids is 1. The molecule has 0 radical (unpaired) electrons. The van der Waals surface area contributed by atoms with Crippen LogP contribution in [-0.2, 0) is 19.4 Å². The van der Waals surface area contributed by atoms with E-state index in [2.05, 4.69) is 70.5 Å². The molecule has 5 fully saturated rings. The summed E-state index contributed by atoms with van der Waals surface area (Å²) in [6.45, 7) is 20.9. The fraction of sp³-hybridized carbons (Fsp3) is 0.818. The first kappa shape index (κ1) is 39.2. The van der Waals surface area contributed by atoms with Gasteiger partial charge >= 0.3 is 5.97 Å². The maximum Gasteiger partial charge on any atom is 0.312 e. The number of alkyl halides is 1. The average molecular weight is 755 g/mol. The Morgan fingerprint density at radius 1 is 0.925 bits per heavy atom. The van der Waals surface area contributed by atoms with Gasteiger partial charge in [-0.05, 0) is 146 Å². The molecule has 9 heteroatoms. The molecule has 53 heavy (non-hydrogen) atoms. The molecule has 1 saturated heterocycles. The molecule has 0 spiro atoms. The lowest BCUT2D eigenvalue weighted by Crippen LogP contribution is -2.66. The van der Waals surface area contributed by atoms with Crippen molar-refractivity contribution < 1.29 is 27.5 Å². The predicted molar refractivity (Wildman–Crippen MR) is 209 cm³/mol. The Balaban J connectivity index is 1.13. The standard InChI is InChI=1S/C44H67FN2O5S/c1-29(2)31-12-19-44(37(48)46-22-23-47-24-26-53(51,52)27-25-47)21-20-41(6)33(36(31)44)8-9-35-40(5)15-13-32(39(3,4)34(40)14-16-42(35,41)7)30-10-17-43(28-45,18-11-30)38(49)50/h10,13,31,33-36H,1,8-9,11-12,14-28H2,2-7H3,(H,46,48)(H,49,50)/t31?,33-,34+,35-,36-,40+,41-,42-,43-,44+/m1/s1. The van der Waals surface area contributed by atoms with Crippen molar-refractivity contribution in [1.29, 1.82) is 0 Å². The van der Waals surface area contributed by atoms with E-state index in [4.69, 9.17) is 0 Å². The number of carboxylic acid groups (broad SMARTS) is 1. The predicted octanol–water partition coefficient (Wildman–Crippen LogP) is 8.18. The Labute approximate surface area is 319 Å². The van der Waals surface area contributed by atoms with E-state index in [-0.39, 0.29) is 56.8 Å². The zero-order valence-electron chi connectivity index (χ0n) is 33.5. The highest BCUT2D eigenvalue weighted by molar-refractivity contribution is 7.91. The van der Waals surface area contributed by atoms with Crippen molar-refractivity contribution >= 4 is 21.7 Å². The summed E-state index contributed by atoms with van der Waals surface area (Å²) in [6, 6.07) is 0. The second kappa shape index (κ2) is 13.3. The third kappa shape index (κ3) is 5.88. The normalized spacial score (nSPS) is 44.6. The lowest BCUT2D eigenvalue weighted by Gasteiger charge is -2.72. The number of amides is 1. The van der Waals surface area contributed by atoms with Gasteiger partial charge in [-0.25, -0.2) is 12.8 Å². The number of sulfone groups is 1. The van der Waals surface area contributed by atoms with Gasteiger partial charge in [0.15, 0.2) is 9.84 Å². The molecule has 1 aliphatic heterocycles. The van der Waals surface area contributed by atoms with Gasteiger partial charge in [-0.15, -0.1) is 0 Å². The number of aliphatic carboxylic acids is 1. The number of hydrogen-bond acceptors (Lipinski definition) is 5. The zero-order chi connectivity index (χ0) is 38.4. The second-order valence-corrected chi connectivity index (χ2v) is 22.6. The maximum absolute atomic E-state index is 14.5. The van der Waals surface area contributed by atoms with Crippen LogP contribution in [0.2, 0.25) is 0 Å². The van der Waals surface area contributed by atoms with Gasteiger partial charge in [0, 0.05) is 26.2 Å². The quantitative estimate of drug-likeness (QED) is 0.243. The van der Waals surface area contributed by atoms with Gasteiger partial charge < -0.3 is 10.4 Å². The van der Waals surface area contributed by atoms with Crippen LogP contribution in [0.4, 0.5) is 4.39 Å². The van der Waals surface area contributed by atoms with Gasteiger partial charge in [-0.1, -0.05) is 58.9 Å². The van der Waals surface area contributed by atoms with Gasteiger partial charge in [-0.3, -0.25) is 14.5 Å². The molecule has 7 rings (SSSR count). The summed E-state index contributed by atoms with van der Waals surface area (Å²) >= 11 is 0. The number of carbonyl (C=O) groups is 2. The fourth-order valence-corrected chi connectivity index (χ4v) is 16.0. The molecular formula is C44H67FN2O5S. The summed E-state index contributed by atoms with van der Waals surface area (Å²) in [4.78, 5) is 28.7. The smallest absolute Gasteiger partial charge is 0.312 e. The summed E-state index contributed by atoms with van der Waals surface area (Å²) < 4.78 is 37.9. The molecule has 10 atom stereocenters. The fourth-order valence-electron chi connectivity index (χ4n) is 14.7. The first-order chi connectivity index (χ1) is 24.8. The van der Waals surface area contributed by atoms with Gasteiger partial charge in [0.1, 0.15) is 6.67 Å². The van der Waals surface area contributed by atoms with E-state index < -0.39 is 27.9 Å². The molecule has 7 nitrogen and oxygen atoms in total. The molecule has 7 aliphatic rings. The minimum Gasteiger partial charge on any atom is -0.481 e. The van der Waals surface area contributed by atoms with Crippen LogP contribution in [0.3, 0.4) is 0 Å². The van der Waals surface area contributed by atoms with Crippen LogP contribution in [0.15, 0.2) is 35.5 Å². The van der Waals surface area contributed by atoms with Crippen LogP contribution >= 0.6 is 0 Å². The van der Waals surface area contributed by atoms with E-state index in [9.17, 15) is 27.5 Å². The van der Waals surface area contributed by atoms with Crippen LogP contribution in [-0.4, -0.2) is 74.7 Å². The molecule has 1 amide bonds. The highest BCUT2D eigenvalue weighted by Gasteiger charge is 2.71. The lowest BCUT2D eigenvalue weighted by molar-refractivity contribution is -0.226. The topological polar surface area (TPSA) is 104 Å². The second-order valence-electron chi connectivity index (χ2n) is 20.3. The number of rotatable bonds is 8. The van der Waals surface area contributed by atoms with Gasteiger partial charge in [0.2, 0.25) is 5.91 Å². The molecule has 1 heterocycles. The van der Waals surface area contributed by atoms with E-state index >= 15 is 0 Å². The number of fused-ring (bicyclic) bond motifs is 7. The Kier molecular flexibility index (Phi) is 9.85. The molecule has 0 bridgehead atoms. The first-order valence-corrected chi connectivity index (χ1v) is 22.7. The summed E-state index contributed by atoms with van der Waals surface area (Å²) in [5, 5.41) is 13.2. The molecule has 1 unspecified atom stereocenters. The molecule has 0 aromatic carbocycles. The van der Waals surface area contributed by atoms with Crippen molar-refractivity contribution in [2.75, 3.05) is 44.4 Å². The van der Waals surface area contributed by atoms with Crippen LogP contribution in [0.5, 0.6) is 0 Å². The summed E-state index contributed by atoms with van der Waals surface area (Å²) in [6.07, 6.45) is 15.4. The van der Waals surface area contributed by atoms with Crippen molar-refractivity contribution in [3.8, 4) is 0 Å². The molecule has 296 valence electrons. The zero-order valence-corrected chi connectivity index (χ0v) is 34.3. The lowest BCUT2D eigenvalue weighted by atomic mass is 9.32. The number of carbonyl (C=O) groups excluding carboxylic acids is 1. The Morgan fingerprint density at radius 3 is 2.26 bits per heavy atom. The number of hydrogen-bond donors (Lipinski definition) is 2. The third-order valence-electron chi connectivity index (χ3n) is 17.9. The number of halogens is 1. The van der Waals surface area contributed by atoms with E-state index in [0.717, 1.165) is 44.9 Å². The van der Waals surface area contributed by atoms with E-state index in [1.807, 2.05) is 0 Å². The van der Waals surface area contributed by atoms with E-state index in [1.165, 1.54) is 29.6 Å². The monoisotopic (exact) mass is 754 g/mol. The Bertz CT molecular complexity index is 1690. The van der Waals surface area contributed by atoms with Crippen molar-refractivity contribution in [2.45, 2.75) is 119 Å². The summed E-state index contributed by atoms with van der Waals surface area (Å²) in [7, 11) is -2.93. The average Bonchev–Trinajstić information content (AvgIpc) is 3.50. The number of allylic oxidation sites excluding steroid dienone is 5. The van der Waals surface area contributed by atoms with Gasteiger partial charge in [0.25, 0.3) is 0 Å². The summed E-state index contributed by atoms with van der Waals surface area (Å²) in [5.74, 6) is 1.78. The molecular weight excluding hydrogens is 688 g/mol. The van der Waals surface area contributed by atoms with Crippen LogP contribution in [0, 0.1) is 62.1 Å². The van der Waals surface area contributed by atoms with E-state index in [0.29, 0.717) is 62.7 Å². The van der Waals surface area contributed by atoms with Crippen LogP contribution < -0.4 is 5.32 Å². The van der Waals surface area contributed by atoms with Crippen molar-refractivity contribution in [3.63, 3.8) is 0 Å². The largest absolute Gasteiger partial charge is 0.481 e.